The van der Waals surface area contributed by atoms with Gasteiger partial charge in [-0.3, -0.25) is 10.1 Å². The molecule has 3 aromatic carbocycles. The van der Waals surface area contributed by atoms with E-state index in [1.165, 1.54) is 12.1 Å². The van der Waals surface area contributed by atoms with Crippen LogP contribution in [0.25, 0.3) is 0 Å². The Morgan fingerprint density at radius 2 is 1.86 bits per heavy atom. The summed E-state index contributed by atoms with van der Waals surface area (Å²) in [5.74, 6) is 0.835. The molecule has 0 radical (unpaired) electrons. The van der Waals surface area contributed by atoms with E-state index < -0.39 is 4.92 Å². The van der Waals surface area contributed by atoms with Crippen LogP contribution >= 0.6 is 12.2 Å². The fraction of sp³-hybridized carbons (Fsp3) is 0.0952. The second kappa shape index (κ2) is 9.03. The molecule has 0 fully saturated rings. The van der Waals surface area contributed by atoms with Crippen molar-refractivity contribution in [2.75, 3.05) is 17.3 Å². The molecule has 0 saturated carbocycles. The van der Waals surface area contributed by atoms with E-state index in [0.717, 1.165) is 5.69 Å². The normalized spacial score (nSPS) is 10.2. The molecule has 0 aliphatic rings. The lowest BCUT2D eigenvalue weighted by molar-refractivity contribution is -0.384. The molecule has 0 unspecified atom stereocenters. The molecule has 0 saturated heterocycles. The molecule has 29 heavy (non-hydrogen) atoms. The second-order valence-electron chi connectivity index (χ2n) is 6.15. The van der Waals surface area contributed by atoms with Gasteiger partial charge in [-0.2, -0.15) is 0 Å². The van der Waals surface area contributed by atoms with Crippen LogP contribution < -0.4 is 15.0 Å². The van der Waals surface area contributed by atoms with Crippen molar-refractivity contribution in [3.8, 4) is 11.5 Å². The number of nitro benzene ring substituents is 1. The average molecular weight is 409 g/mol. The number of para-hydroxylation sites is 1. The number of nitro groups is 1. The van der Waals surface area contributed by atoms with Gasteiger partial charge in [0.1, 0.15) is 11.5 Å². The second-order valence-corrected chi connectivity index (χ2v) is 6.54. The maximum atomic E-state index is 10.8. The number of nitrogens with one attached hydrogen (secondary N) is 1. The highest BCUT2D eigenvalue weighted by molar-refractivity contribution is 7.80. The van der Waals surface area contributed by atoms with Gasteiger partial charge in [-0.25, -0.2) is 0 Å². The predicted octanol–water partition coefficient (Wildman–Crippen LogP) is 4.71. The Kier molecular flexibility index (Phi) is 6.25. The van der Waals surface area contributed by atoms with Gasteiger partial charge < -0.3 is 20.1 Å². The van der Waals surface area contributed by atoms with Crippen LogP contribution in [-0.2, 0) is 6.54 Å². The first kappa shape index (κ1) is 20.1. The van der Waals surface area contributed by atoms with E-state index in [0.29, 0.717) is 28.7 Å². The molecule has 2 N–H and O–H groups in total. The van der Waals surface area contributed by atoms with Crippen LogP contribution in [0.3, 0.4) is 0 Å². The number of ether oxygens (including phenoxy) is 1. The largest absolute Gasteiger partial charge is 0.508 e. The summed E-state index contributed by atoms with van der Waals surface area (Å²) < 4.78 is 5.31. The predicted molar refractivity (Wildman–Crippen MR) is 117 cm³/mol. The zero-order valence-electron chi connectivity index (χ0n) is 15.6. The first-order valence-electron chi connectivity index (χ1n) is 8.72. The highest BCUT2D eigenvalue weighted by Gasteiger charge is 2.16. The van der Waals surface area contributed by atoms with Crippen molar-refractivity contribution in [1.29, 1.82) is 0 Å². The van der Waals surface area contributed by atoms with Crippen LogP contribution in [0.4, 0.5) is 17.1 Å². The zero-order chi connectivity index (χ0) is 20.8. The fourth-order valence-electron chi connectivity index (χ4n) is 2.73. The number of benzene rings is 3. The third kappa shape index (κ3) is 4.99. The molecule has 0 atom stereocenters. The summed E-state index contributed by atoms with van der Waals surface area (Å²) in [4.78, 5) is 12.2. The quantitative estimate of drug-likeness (QED) is 0.346. The average Bonchev–Trinajstić information content (AvgIpc) is 2.73. The minimum Gasteiger partial charge on any atom is -0.508 e. The zero-order valence-corrected chi connectivity index (χ0v) is 16.4. The number of rotatable bonds is 6. The summed E-state index contributed by atoms with van der Waals surface area (Å²) in [6, 6.07) is 20.4. The summed E-state index contributed by atoms with van der Waals surface area (Å²) in [5, 5.41) is 24.5. The van der Waals surface area contributed by atoms with Gasteiger partial charge in [-0.05, 0) is 42.5 Å². The molecule has 0 amide bonds. The van der Waals surface area contributed by atoms with Crippen molar-refractivity contribution in [2.45, 2.75) is 6.54 Å². The monoisotopic (exact) mass is 409 g/mol. The number of phenolic OH excluding ortho intramolecular Hbond substituents is 1. The van der Waals surface area contributed by atoms with Gasteiger partial charge >= 0.3 is 0 Å². The number of methoxy groups -OCH3 is 1. The number of aromatic hydroxyl groups is 1. The number of nitrogens with zero attached hydrogens (tertiary/aromatic N) is 2. The van der Waals surface area contributed by atoms with Gasteiger partial charge in [0.05, 0.1) is 18.6 Å². The van der Waals surface area contributed by atoms with Crippen LogP contribution in [0.15, 0.2) is 72.8 Å². The van der Waals surface area contributed by atoms with Crippen molar-refractivity contribution >= 4 is 34.4 Å². The lowest BCUT2D eigenvalue weighted by Crippen LogP contribution is -2.34. The third-order valence-electron chi connectivity index (χ3n) is 4.26. The SMILES string of the molecule is COc1cccc(N(Cc2ccccc2O)C(=S)Nc2ccc([N+](=O)[O-])cc2)c1. The van der Waals surface area contributed by atoms with Crippen LogP contribution in [0.2, 0.25) is 0 Å². The lowest BCUT2D eigenvalue weighted by atomic mass is 10.1. The number of non-ortho nitro benzene ring substituents is 1. The maximum Gasteiger partial charge on any atom is 0.269 e. The molecule has 0 bridgehead atoms. The summed E-state index contributed by atoms with van der Waals surface area (Å²) in [5.41, 5.74) is 2.08. The number of thiocarbonyl (C=S) groups is 1. The molecule has 3 rings (SSSR count). The van der Waals surface area contributed by atoms with Crippen molar-refractivity contribution in [3.05, 3.63) is 88.5 Å². The molecular weight excluding hydrogens is 390 g/mol. The number of phenols is 1. The Morgan fingerprint density at radius 3 is 2.52 bits per heavy atom. The van der Waals surface area contributed by atoms with E-state index in [9.17, 15) is 15.2 Å². The summed E-state index contributed by atoms with van der Waals surface area (Å²) in [7, 11) is 1.58. The molecule has 0 aliphatic heterocycles. The van der Waals surface area contributed by atoms with E-state index in [2.05, 4.69) is 5.32 Å². The van der Waals surface area contributed by atoms with Gasteiger partial charge in [-0.15, -0.1) is 0 Å². The maximum absolute atomic E-state index is 10.8. The van der Waals surface area contributed by atoms with Crippen LogP contribution in [0, 0.1) is 10.1 Å². The first-order valence-corrected chi connectivity index (χ1v) is 9.12. The smallest absolute Gasteiger partial charge is 0.269 e. The van der Waals surface area contributed by atoms with Crippen LogP contribution in [0.5, 0.6) is 11.5 Å². The Morgan fingerprint density at radius 1 is 1.14 bits per heavy atom. The topological polar surface area (TPSA) is 87.9 Å². The lowest BCUT2D eigenvalue weighted by Gasteiger charge is -2.27. The highest BCUT2D eigenvalue weighted by Crippen LogP contribution is 2.26. The van der Waals surface area contributed by atoms with Gasteiger partial charge in [0.25, 0.3) is 5.69 Å². The molecular formula is C21H19N3O4S. The molecule has 148 valence electrons. The first-order chi connectivity index (χ1) is 14.0. The minimum atomic E-state index is -0.456. The highest BCUT2D eigenvalue weighted by atomic mass is 32.1. The minimum absolute atomic E-state index is 0.000304. The van der Waals surface area contributed by atoms with Crippen molar-refractivity contribution in [1.82, 2.24) is 0 Å². The van der Waals surface area contributed by atoms with Crippen molar-refractivity contribution < 1.29 is 14.8 Å². The Hall–Kier alpha value is -3.65. The number of hydrogen-bond acceptors (Lipinski definition) is 5. The van der Waals surface area contributed by atoms with E-state index >= 15 is 0 Å². The Balaban J connectivity index is 1.89. The van der Waals surface area contributed by atoms with Gasteiger partial charge in [0.15, 0.2) is 5.11 Å². The molecule has 0 spiro atoms. The summed E-state index contributed by atoms with van der Waals surface area (Å²) in [6.45, 7) is 0.318. The third-order valence-corrected chi connectivity index (χ3v) is 4.58. The number of hydrogen-bond donors (Lipinski definition) is 2. The molecule has 3 aromatic rings. The van der Waals surface area contributed by atoms with Crippen molar-refractivity contribution in [2.24, 2.45) is 0 Å². The van der Waals surface area contributed by atoms with E-state index in [1.54, 1.807) is 31.4 Å². The van der Waals surface area contributed by atoms with Crippen LogP contribution in [0.1, 0.15) is 5.56 Å². The van der Waals surface area contributed by atoms with Gasteiger partial charge in [-0.1, -0.05) is 24.3 Å². The molecule has 0 aromatic heterocycles. The molecule has 0 heterocycles. The fourth-order valence-corrected chi connectivity index (χ4v) is 3.02. The van der Waals surface area contributed by atoms with E-state index in [1.807, 2.05) is 41.3 Å². The Labute approximate surface area is 173 Å². The summed E-state index contributed by atoms with van der Waals surface area (Å²) in [6.07, 6.45) is 0. The number of anilines is 2. The van der Waals surface area contributed by atoms with E-state index in [4.69, 9.17) is 17.0 Å². The van der Waals surface area contributed by atoms with Gasteiger partial charge in [0, 0.05) is 35.1 Å². The summed E-state index contributed by atoms with van der Waals surface area (Å²) >= 11 is 5.60. The molecule has 7 nitrogen and oxygen atoms in total. The van der Waals surface area contributed by atoms with Gasteiger partial charge in [0.2, 0.25) is 0 Å². The van der Waals surface area contributed by atoms with Crippen molar-refractivity contribution in [3.63, 3.8) is 0 Å². The molecule has 8 heteroatoms. The molecule has 0 aliphatic carbocycles. The van der Waals surface area contributed by atoms with E-state index in [-0.39, 0.29) is 11.4 Å². The Bertz CT molecular complexity index is 1020. The van der Waals surface area contributed by atoms with Crippen LogP contribution in [-0.4, -0.2) is 22.3 Å². The standard InChI is InChI=1S/C21H19N3O4S/c1-28-19-7-4-6-18(13-19)23(14-15-5-2-3-8-20(15)25)21(29)22-16-9-11-17(12-10-16)24(26)27/h2-13,25H,14H2,1H3,(H,22,29).